The Bertz CT molecular complexity index is 918. The van der Waals surface area contributed by atoms with Crippen molar-refractivity contribution in [2.45, 2.75) is 17.7 Å². The molecule has 136 valence electrons. The van der Waals surface area contributed by atoms with Gasteiger partial charge < -0.3 is 5.32 Å². The van der Waals surface area contributed by atoms with Crippen LogP contribution in [0.3, 0.4) is 0 Å². The van der Waals surface area contributed by atoms with Crippen LogP contribution in [-0.2, 0) is 14.8 Å². The first-order chi connectivity index (χ1) is 12.5. The van der Waals surface area contributed by atoms with Crippen LogP contribution in [0.4, 0.5) is 5.69 Å². The van der Waals surface area contributed by atoms with Crippen LogP contribution < -0.4 is 5.32 Å². The molecule has 3 rings (SSSR count). The first-order valence-corrected chi connectivity index (χ1v) is 10.1. The van der Waals surface area contributed by atoms with E-state index in [9.17, 15) is 13.2 Å². The fraction of sp³-hybridized carbons (Fsp3) is 0.211. The van der Waals surface area contributed by atoms with Gasteiger partial charge in [-0.1, -0.05) is 29.8 Å². The monoisotopic (exact) mass is 390 g/mol. The zero-order valence-electron chi connectivity index (χ0n) is 14.1. The number of nitrogens with one attached hydrogen (secondary N) is 1. The van der Waals surface area contributed by atoms with Gasteiger partial charge in [0.05, 0.1) is 4.90 Å². The van der Waals surface area contributed by atoms with Gasteiger partial charge in [-0.25, -0.2) is 8.42 Å². The average molecular weight is 391 g/mol. The third-order valence-corrected chi connectivity index (χ3v) is 6.40. The number of benzene rings is 2. The first kappa shape index (κ1) is 18.6. The fourth-order valence-corrected chi connectivity index (χ4v) is 4.46. The lowest BCUT2D eigenvalue weighted by Crippen LogP contribution is -2.27. The zero-order chi connectivity index (χ0) is 18.6. The molecule has 2 aromatic rings. The third kappa shape index (κ3) is 4.33. The smallest absolute Gasteiger partial charge is 0.248 e. The van der Waals surface area contributed by atoms with E-state index in [-0.39, 0.29) is 10.8 Å². The van der Waals surface area contributed by atoms with Gasteiger partial charge in [0.25, 0.3) is 0 Å². The molecule has 0 spiro atoms. The van der Waals surface area contributed by atoms with E-state index in [1.54, 1.807) is 24.3 Å². The molecule has 1 heterocycles. The molecule has 0 radical (unpaired) electrons. The van der Waals surface area contributed by atoms with Crippen LogP contribution in [0.1, 0.15) is 18.4 Å². The van der Waals surface area contributed by atoms with Gasteiger partial charge in [0.1, 0.15) is 0 Å². The van der Waals surface area contributed by atoms with Gasteiger partial charge in [0.2, 0.25) is 15.9 Å². The molecular weight excluding hydrogens is 372 g/mol. The van der Waals surface area contributed by atoms with Crippen molar-refractivity contribution < 1.29 is 13.2 Å². The van der Waals surface area contributed by atoms with Crippen LogP contribution in [0, 0.1) is 0 Å². The highest BCUT2D eigenvalue weighted by molar-refractivity contribution is 7.89. The number of sulfonamides is 1. The van der Waals surface area contributed by atoms with Crippen LogP contribution in [0.5, 0.6) is 0 Å². The van der Waals surface area contributed by atoms with Crippen molar-refractivity contribution >= 4 is 39.3 Å². The maximum Gasteiger partial charge on any atom is 0.248 e. The second-order valence-corrected chi connectivity index (χ2v) is 8.32. The van der Waals surface area contributed by atoms with Crippen LogP contribution in [0.2, 0.25) is 5.02 Å². The summed E-state index contributed by atoms with van der Waals surface area (Å²) in [5.41, 5.74) is 1.27. The molecule has 0 unspecified atom stereocenters. The van der Waals surface area contributed by atoms with Crippen molar-refractivity contribution in [1.29, 1.82) is 0 Å². The summed E-state index contributed by atoms with van der Waals surface area (Å²) >= 11 is 6.04. The Morgan fingerprint density at radius 3 is 2.35 bits per heavy atom. The molecule has 1 aliphatic rings. The number of hydrogen-bond acceptors (Lipinski definition) is 3. The molecule has 1 N–H and O–H groups in total. The van der Waals surface area contributed by atoms with Crippen LogP contribution in [0.15, 0.2) is 59.5 Å². The van der Waals surface area contributed by atoms with Crippen molar-refractivity contribution in [2.75, 3.05) is 18.4 Å². The largest absolute Gasteiger partial charge is 0.323 e. The summed E-state index contributed by atoms with van der Waals surface area (Å²) in [5.74, 6) is -0.319. The average Bonchev–Trinajstić information content (AvgIpc) is 3.17. The number of carbonyl (C=O) groups is 1. The number of hydrogen-bond donors (Lipinski definition) is 1. The van der Waals surface area contributed by atoms with Crippen LogP contribution >= 0.6 is 11.6 Å². The topological polar surface area (TPSA) is 66.5 Å². The normalized spacial score (nSPS) is 15.4. The molecule has 5 nitrogen and oxygen atoms in total. The Hall–Kier alpha value is -2.15. The molecule has 26 heavy (non-hydrogen) atoms. The molecule has 1 aliphatic heterocycles. The van der Waals surface area contributed by atoms with Gasteiger partial charge in [0, 0.05) is 29.9 Å². The number of nitrogens with zero attached hydrogens (tertiary/aromatic N) is 1. The van der Waals surface area contributed by atoms with E-state index in [2.05, 4.69) is 5.32 Å². The van der Waals surface area contributed by atoms with Gasteiger partial charge in [-0.15, -0.1) is 0 Å². The lowest BCUT2D eigenvalue weighted by molar-refractivity contribution is -0.111. The molecule has 1 amide bonds. The Balaban J connectivity index is 1.65. The van der Waals surface area contributed by atoms with Crippen LogP contribution in [-0.4, -0.2) is 31.7 Å². The summed E-state index contributed by atoms with van der Waals surface area (Å²) in [6.07, 6.45) is 4.80. The first-order valence-electron chi connectivity index (χ1n) is 8.30. The van der Waals surface area contributed by atoms with E-state index < -0.39 is 10.0 Å². The molecule has 0 atom stereocenters. The van der Waals surface area contributed by atoms with Gasteiger partial charge in [-0.05, 0) is 54.8 Å². The van der Waals surface area contributed by atoms with E-state index in [1.165, 1.54) is 22.5 Å². The summed E-state index contributed by atoms with van der Waals surface area (Å²) in [4.78, 5) is 12.3. The Kier molecular flexibility index (Phi) is 5.76. The highest BCUT2D eigenvalue weighted by atomic mass is 35.5. The van der Waals surface area contributed by atoms with Gasteiger partial charge >= 0.3 is 0 Å². The molecule has 1 saturated heterocycles. The highest BCUT2D eigenvalue weighted by Gasteiger charge is 2.26. The van der Waals surface area contributed by atoms with Gasteiger partial charge in [0.15, 0.2) is 0 Å². The zero-order valence-corrected chi connectivity index (χ0v) is 15.6. The minimum Gasteiger partial charge on any atom is -0.323 e. The Labute approximate surface area is 158 Å². The number of amides is 1. The number of rotatable bonds is 5. The molecular formula is C19H19ClN2O3S. The highest BCUT2D eigenvalue weighted by Crippen LogP contribution is 2.22. The van der Waals surface area contributed by atoms with Crippen molar-refractivity contribution in [2.24, 2.45) is 0 Å². The van der Waals surface area contributed by atoms with E-state index in [4.69, 9.17) is 11.6 Å². The minimum atomic E-state index is -3.44. The van der Waals surface area contributed by atoms with E-state index in [0.717, 1.165) is 18.4 Å². The van der Waals surface area contributed by atoms with Crippen molar-refractivity contribution in [3.8, 4) is 0 Å². The molecule has 0 aromatic heterocycles. The summed E-state index contributed by atoms with van der Waals surface area (Å²) in [7, 11) is -3.44. The van der Waals surface area contributed by atoms with Crippen molar-refractivity contribution in [3.63, 3.8) is 0 Å². The standard InChI is InChI=1S/C19H19ClN2O3S/c20-18-6-2-1-5-15(18)7-12-19(23)21-16-8-10-17(11-9-16)26(24,25)22-13-3-4-14-22/h1-2,5-12H,3-4,13-14H2,(H,21,23)/b12-7+. The summed E-state index contributed by atoms with van der Waals surface area (Å²) in [5, 5.41) is 3.27. The number of halogens is 1. The lowest BCUT2D eigenvalue weighted by Gasteiger charge is -2.15. The SMILES string of the molecule is O=C(/C=C/c1ccccc1Cl)Nc1ccc(S(=O)(=O)N2CCCC2)cc1. The van der Waals surface area contributed by atoms with Gasteiger partial charge in [-0.3, -0.25) is 4.79 Å². The molecule has 2 aromatic carbocycles. The van der Waals surface area contributed by atoms with Crippen molar-refractivity contribution in [3.05, 3.63) is 65.2 Å². The van der Waals surface area contributed by atoms with Crippen LogP contribution in [0.25, 0.3) is 6.08 Å². The Morgan fingerprint density at radius 1 is 1.04 bits per heavy atom. The predicted molar refractivity (Wildman–Crippen MR) is 104 cm³/mol. The van der Waals surface area contributed by atoms with E-state index in [0.29, 0.717) is 23.8 Å². The quantitative estimate of drug-likeness (QED) is 0.790. The lowest BCUT2D eigenvalue weighted by atomic mass is 10.2. The fourth-order valence-electron chi connectivity index (χ4n) is 2.75. The van der Waals surface area contributed by atoms with Gasteiger partial charge in [-0.2, -0.15) is 4.31 Å². The number of anilines is 1. The maximum absolute atomic E-state index is 12.5. The molecule has 0 aliphatic carbocycles. The molecule has 0 saturated carbocycles. The third-order valence-electron chi connectivity index (χ3n) is 4.14. The second kappa shape index (κ2) is 8.03. The van der Waals surface area contributed by atoms with E-state index in [1.807, 2.05) is 18.2 Å². The maximum atomic E-state index is 12.5. The summed E-state index contributed by atoms with van der Waals surface area (Å²) in [6, 6.07) is 13.4. The Morgan fingerprint density at radius 2 is 1.69 bits per heavy atom. The molecule has 1 fully saturated rings. The minimum absolute atomic E-state index is 0.240. The number of carbonyl (C=O) groups excluding carboxylic acids is 1. The van der Waals surface area contributed by atoms with Crippen molar-refractivity contribution in [1.82, 2.24) is 4.31 Å². The summed E-state index contributed by atoms with van der Waals surface area (Å²) < 4.78 is 26.4. The predicted octanol–water partition coefficient (Wildman–Crippen LogP) is 3.78. The van der Waals surface area contributed by atoms with E-state index >= 15 is 0 Å². The molecule has 0 bridgehead atoms. The summed E-state index contributed by atoms with van der Waals surface area (Å²) in [6.45, 7) is 1.13. The second-order valence-electron chi connectivity index (χ2n) is 5.98. The molecule has 7 heteroatoms.